The van der Waals surface area contributed by atoms with E-state index in [0.717, 1.165) is 5.56 Å². The number of methoxy groups -OCH3 is 2. The molecule has 0 radical (unpaired) electrons. The van der Waals surface area contributed by atoms with Gasteiger partial charge in [-0.15, -0.1) is 0 Å². The van der Waals surface area contributed by atoms with E-state index < -0.39 is 0 Å². The number of benzene rings is 2. The molecular formula is C28H33ClN2O5. The number of nitrogens with zero attached hydrogens (tertiary/aromatic N) is 2. The Balaban J connectivity index is 1.80. The fourth-order valence-electron chi connectivity index (χ4n) is 3.86. The van der Waals surface area contributed by atoms with Crippen LogP contribution in [0.25, 0.3) is 0 Å². The minimum absolute atomic E-state index is 0.0486. The maximum atomic E-state index is 13.6. The first-order chi connectivity index (χ1) is 17.4. The van der Waals surface area contributed by atoms with Gasteiger partial charge in [0.2, 0.25) is 5.91 Å². The molecule has 0 bridgehead atoms. The van der Waals surface area contributed by atoms with Crippen molar-refractivity contribution in [3.05, 3.63) is 82.8 Å². The van der Waals surface area contributed by atoms with Crippen LogP contribution in [-0.2, 0) is 17.8 Å². The van der Waals surface area contributed by atoms with E-state index in [2.05, 4.69) is 0 Å². The second-order valence-electron chi connectivity index (χ2n) is 8.53. The van der Waals surface area contributed by atoms with E-state index in [1.165, 1.54) is 0 Å². The molecule has 0 saturated heterocycles. The van der Waals surface area contributed by atoms with Gasteiger partial charge >= 0.3 is 0 Å². The quantitative estimate of drug-likeness (QED) is 0.322. The average Bonchev–Trinajstić information content (AvgIpc) is 3.41. The predicted molar refractivity (Wildman–Crippen MR) is 140 cm³/mol. The molecule has 0 aliphatic rings. The maximum absolute atomic E-state index is 13.6. The summed E-state index contributed by atoms with van der Waals surface area (Å²) in [5, 5.41) is 0.477. The molecule has 3 aromatic rings. The van der Waals surface area contributed by atoms with E-state index in [4.69, 9.17) is 25.5 Å². The van der Waals surface area contributed by atoms with E-state index in [0.29, 0.717) is 53.8 Å². The van der Waals surface area contributed by atoms with Crippen LogP contribution in [0.3, 0.4) is 0 Å². The van der Waals surface area contributed by atoms with Crippen LogP contribution >= 0.6 is 11.6 Å². The summed E-state index contributed by atoms with van der Waals surface area (Å²) in [6.45, 7) is 4.63. The summed E-state index contributed by atoms with van der Waals surface area (Å²) in [6, 6.07) is 16.0. The van der Waals surface area contributed by atoms with Gasteiger partial charge in [0.05, 0.1) is 27.0 Å². The number of ether oxygens (including phenoxy) is 2. The summed E-state index contributed by atoms with van der Waals surface area (Å²) in [7, 11) is 3.18. The molecule has 0 aliphatic heterocycles. The van der Waals surface area contributed by atoms with Gasteiger partial charge in [0.15, 0.2) is 11.5 Å². The van der Waals surface area contributed by atoms with E-state index in [-0.39, 0.29) is 24.4 Å². The third kappa shape index (κ3) is 7.04. The van der Waals surface area contributed by atoms with Crippen LogP contribution < -0.4 is 9.47 Å². The van der Waals surface area contributed by atoms with Gasteiger partial charge in [-0.1, -0.05) is 30.7 Å². The predicted octanol–water partition coefficient (Wildman–Crippen LogP) is 5.46. The highest BCUT2D eigenvalue weighted by atomic mass is 35.5. The van der Waals surface area contributed by atoms with Gasteiger partial charge in [-0.25, -0.2) is 0 Å². The molecule has 192 valence electrons. The third-order valence-electron chi connectivity index (χ3n) is 6.16. The summed E-state index contributed by atoms with van der Waals surface area (Å²) in [5.41, 5.74) is 1.46. The molecule has 36 heavy (non-hydrogen) atoms. The Morgan fingerprint density at radius 2 is 1.81 bits per heavy atom. The zero-order chi connectivity index (χ0) is 26.1. The minimum Gasteiger partial charge on any atom is -0.493 e. The van der Waals surface area contributed by atoms with Crippen molar-refractivity contribution in [3.8, 4) is 11.5 Å². The third-order valence-corrected chi connectivity index (χ3v) is 6.39. The zero-order valence-corrected chi connectivity index (χ0v) is 22.0. The SMILES string of the molecule is CCC(C)N(CC(=O)N(CCc1ccc(OC)c(OC)c1)Cc1ccco1)C(=O)c1cccc(Cl)c1. The van der Waals surface area contributed by atoms with E-state index in [9.17, 15) is 9.59 Å². The second kappa shape index (κ2) is 13.0. The molecule has 3 rings (SSSR count). The van der Waals surface area contributed by atoms with Crippen molar-refractivity contribution in [2.45, 2.75) is 39.3 Å². The lowest BCUT2D eigenvalue weighted by molar-refractivity contribution is -0.133. The molecular weight excluding hydrogens is 480 g/mol. The Bertz CT molecular complexity index is 1150. The van der Waals surface area contributed by atoms with Crippen molar-refractivity contribution in [1.29, 1.82) is 0 Å². The Labute approximate surface area is 217 Å². The van der Waals surface area contributed by atoms with Gasteiger partial charge in [-0.2, -0.15) is 0 Å². The molecule has 7 nitrogen and oxygen atoms in total. The first-order valence-corrected chi connectivity index (χ1v) is 12.3. The van der Waals surface area contributed by atoms with Crippen LogP contribution in [0.4, 0.5) is 0 Å². The highest BCUT2D eigenvalue weighted by molar-refractivity contribution is 6.31. The topological polar surface area (TPSA) is 72.2 Å². The first kappa shape index (κ1) is 27.1. The number of carbonyl (C=O) groups is 2. The van der Waals surface area contributed by atoms with Crippen molar-refractivity contribution in [2.75, 3.05) is 27.3 Å². The molecule has 8 heteroatoms. The second-order valence-corrected chi connectivity index (χ2v) is 8.97. The van der Waals surface area contributed by atoms with E-state index >= 15 is 0 Å². The van der Waals surface area contributed by atoms with Crippen LogP contribution in [0.1, 0.15) is 41.9 Å². The molecule has 0 spiro atoms. The van der Waals surface area contributed by atoms with Gasteiger partial charge < -0.3 is 23.7 Å². The summed E-state index contributed by atoms with van der Waals surface area (Å²) < 4.78 is 16.2. The van der Waals surface area contributed by atoms with Gasteiger partial charge in [0.25, 0.3) is 5.91 Å². The summed E-state index contributed by atoms with van der Waals surface area (Å²) in [4.78, 5) is 30.2. The lowest BCUT2D eigenvalue weighted by atomic mass is 10.1. The number of hydrogen-bond donors (Lipinski definition) is 0. The molecule has 2 amide bonds. The molecule has 0 saturated carbocycles. The van der Waals surface area contributed by atoms with Gasteiger partial charge in [-0.3, -0.25) is 9.59 Å². The maximum Gasteiger partial charge on any atom is 0.254 e. The molecule has 1 atom stereocenters. The smallest absolute Gasteiger partial charge is 0.254 e. The molecule has 0 fully saturated rings. The largest absolute Gasteiger partial charge is 0.493 e. The molecule has 1 heterocycles. The fourth-order valence-corrected chi connectivity index (χ4v) is 4.05. The number of furan rings is 1. The lowest BCUT2D eigenvalue weighted by Gasteiger charge is -2.31. The molecule has 1 unspecified atom stereocenters. The fraction of sp³-hybridized carbons (Fsp3) is 0.357. The van der Waals surface area contributed by atoms with Crippen molar-refractivity contribution in [3.63, 3.8) is 0 Å². The monoisotopic (exact) mass is 512 g/mol. The lowest BCUT2D eigenvalue weighted by Crippen LogP contribution is -2.46. The summed E-state index contributed by atoms with van der Waals surface area (Å²) >= 11 is 6.11. The van der Waals surface area contributed by atoms with Crippen molar-refractivity contribution >= 4 is 23.4 Å². The Morgan fingerprint density at radius 1 is 1.03 bits per heavy atom. The Kier molecular flexibility index (Phi) is 9.82. The number of halogens is 1. The van der Waals surface area contributed by atoms with E-state index in [1.54, 1.807) is 60.6 Å². The van der Waals surface area contributed by atoms with Crippen LogP contribution in [0.5, 0.6) is 11.5 Å². The minimum atomic E-state index is -0.224. The number of rotatable bonds is 12. The summed E-state index contributed by atoms with van der Waals surface area (Å²) in [5.74, 6) is 1.56. The molecule has 0 aliphatic carbocycles. The first-order valence-electron chi connectivity index (χ1n) is 11.9. The van der Waals surface area contributed by atoms with Gasteiger partial charge in [-0.05, 0) is 67.8 Å². The van der Waals surface area contributed by atoms with Crippen molar-refractivity contribution < 1.29 is 23.5 Å². The highest BCUT2D eigenvalue weighted by Crippen LogP contribution is 2.28. The molecule has 2 aromatic carbocycles. The average molecular weight is 513 g/mol. The van der Waals surface area contributed by atoms with Crippen LogP contribution in [0, 0.1) is 0 Å². The summed E-state index contributed by atoms with van der Waals surface area (Å²) in [6.07, 6.45) is 2.89. The highest BCUT2D eigenvalue weighted by Gasteiger charge is 2.26. The standard InChI is InChI=1S/C28H33ClN2O5/c1-5-20(2)31(28(33)22-8-6-9-23(29)17-22)19-27(32)30(18-24-10-7-15-36-24)14-13-21-11-12-25(34-3)26(16-21)35-4/h6-12,15-17,20H,5,13-14,18-19H2,1-4H3. The van der Waals surface area contributed by atoms with Crippen LogP contribution in [0.15, 0.2) is 65.3 Å². The van der Waals surface area contributed by atoms with Gasteiger partial charge in [0, 0.05) is 23.2 Å². The number of amides is 2. The van der Waals surface area contributed by atoms with Crippen molar-refractivity contribution in [1.82, 2.24) is 9.80 Å². The Hall–Kier alpha value is -3.45. The van der Waals surface area contributed by atoms with Gasteiger partial charge in [0.1, 0.15) is 12.3 Å². The molecule has 0 N–H and O–H groups in total. The Morgan fingerprint density at radius 3 is 2.44 bits per heavy atom. The number of carbonyl (C=O) groups excluding carboxylic acids is 2. The van der Waals surface area contributed by atoms with Crippen molar-refractivity contribution in [2.24, 2.45) is 0 Å². The normalized spacial score (nSPS) is 11.6. The van der Waals surface area contributed by atoms with Crippen LogP contribution in [-0.4, -0.2) is 55.0 Å². The van der Waals surface area contributed by atoms with E-state index in [1.807, 2.05) is 38.1 Å². The van der Waals surface area contributed by atoms with Crippen LogP contribution in [0.2, 0.25) is 5.02 Å². The molecule has 1 aromatic heterocycles. The number of hydrogen-bond acceptors (Lipinski definition) is 5. The zero-order valence-electron chi connectivity index (χ0n) is 21.2.